The summed E-state index contributed by atoms with van der Waals surface area (Å²) >= 11 is 0. The first-order valence-corrected chi connectivity index (χ1v) is 5.81. The molecule has 0 bridgehead atoms. The first-order valence-electron chi connectivity index (χ1n) is 5.81. The molecule has 0 amide bonds. The normalized spacial score (nSPS) is 10.2. The van der Waals surface area contributed by atoms with Crippen molar-refractivity contribution in [3.05, 3.63) is 70.8 Å². The van der Waals surface area contributed by atoms with Crippen molar-refractivity contribution >= 4 is 5.78 Å². The van der Waals surface area contributed by atoms with Gasteiger partial charge in [-0.05, 0) is 25.0 Å². The van der Waals surface area contributed by atoms with Gasteiger partial charge in [0.2, 0.25) is 0 Å². The summed E-state index contributed by atoms with van der Waals surface area (Å²) < 4.78 is 0. The molecule has 0 unspecified atom stereocenters. The van der Waals surface area contributed by atoms with Gasteiger partial charge in [0.05, 0.1) is 0 Å². The van der Waals surface area contributed by atoms with Gasteiger partial charge < -0.3 is 0 Å². The molecular formula is C16H16O. The Morgan fingerprint density at radius 3 is 2.35 bits per heavy atom. The second kappa shape index (κ2) is 4.96. The largest absolute Gasteiger partial charge is 0.294 e. The van der Waals surface area contributed by atoms with Crippen LogP contribution in [-0.2, 0) is 6.42 Å². The Morgan fingerprint density at radius 1 is 1.00 bits per heavy atom. The minimum atomic E-state index is 0.189. The number of hydrogen-bond acceptors (Lipinski definition) is 1. The van der Waals surface area contributed by atoms with Crippen molar-refractivity contribution < 1.29 is 4.79 Å². The molecule has 0 saturated heterocycles. The van der Waals surface area contributed by atoms with Gasteiger partial charge in [-0.25, -0.2) is 0 Å². The van der Waals surface area contributed by atoms with E-state index in [-0.39, 0.29) is 5.78 Å². The van der Waals surface area contributed by atoms with Gasteiger partial charge in [-0.1, -0.05) is 54.1 Å². The van der Waals surface area contributed by atoms with Crippen LogP contribution >= 0.6 is 0 Å². The molecule has 2 aromatic carbocycles. The molecule has 0 N–H and O–H groups in total. The highest BCUT2D eigenvalue weighted by atomic mass is 16.1. The lowest BCUT2D eigenvalue weighted by Gasteiger charge is -2.06. The van der Waals surface area contributed by atoms with Gasteiger partial charge in [-0.3, -0.25) is 4.79 Å². The number of aryl methyl sites for hydroxylation is 2. The van der Waals surface area contributed by atoms with Crippen LogP contribution in [0.4, 0.5) is 0 Å². The summed E-state index contributed by atoms with van der Waals surface area (Å²) in [6, 6.07) is 15.8. The Bertz CT molecular complexity index is 526. The predicted molar refractivity (Wildman–Crippen MR) is 70.4 cm³/mol. The summed E-state index contributed by atoms with van der Waals surface area (Å²) in [6.45, 7) is 4.03. The molecule has 1 nitrogen and oxygen atoms in total. The molecule has 1 heteroatoms. The Labute approximate surface area is 102 Å². The quantitative estimate of drug-likeness (QED) is 0.726. The van der Waals surface area contributed by atoms with E-state index in [1.165, 1.54) is 5.56 Å². The topological polar surface area (TPSA) is 17.1 Å². The highest BCUT2D eigenvalue weighted by molar-refractivity contribution is 5.98. The van der Waals surface area contributed by atoms with Gasteiger partial charge in [-0.15, -0.1) is 0 Å². The summed E-state index contributed by atoms with van der Waals surface area (Å²) in [5, 5.41) is 0. The van der Waals surface area contributed by atoms with Crippen LogP contribution < -0.4 is 0 Å². The minimum Gasteiger partial charge on any atom is -0.294 e. The summed E-state index contributed by atoms with van der Waals surface area (Å²) in [6.07, 6.45) is 0.477. The average molecular weight is 224 g/mol. The second-order valence-corrected chi connectivity index (χ2v) is 4.40. The molecular weight excluding hydrogens is 208 g/mol. The number of Topliss-reactive ketones (excluding diaryl/α,β-unsaturated/α-hetero) is 1. The first-order chi connectivity index (χ1) is 8.16. The summed E-state index contributed by atoms with van der Waals surface area (Å²) in [5.41, 5.74) is 4.15. The molecule has 0 heterocycles. The zero-order chi connectivity index (χ0) is 12.3. The van der Waals surface area contributed by atoms with Crippen LogP contribution in [0.15, 0.2) is 48.5 Å². The zero-order valence-corrected chi connectivity index (χ0v) is 10.2. The first kappa shape index (κ1) is 11.6. The fourth-order valence-electron chi connectivity index (χ4n) is 2.00. The molecule has 0 atom stereocenters. The molecule has 0 saturated carbocycles. The smallest absolute Gasteiger partial charge is 0.167 e. The van der Waals surface area contributed by atoms with Crippen LogP contribution in [-0.4, -0.2) is 5.78 Å². The van der Waals surface area contributed by atoms with Gasteiger partial charge in [-0.2, -0.15) is 0 Å². The Morgan fingerprint density at radius 2 is 1.71 bits per heavy atom. The molecule has 17 heavy (non-hydrogen) atoms. The van der Waals surface area contributed by atoms with Crippen molar-refractivity contribution in [1.82, 2.24) is 0 Å². The second-order valence-electron chi connectivity index (χ2n) is 4.40. The maximum atomic E-state index is 12.1. The fourth-order valence-corrected chi connectivity index (χ4v) is 2.00. The van der Waals surface area contributed by atoms with Crippen LogP contribution in [0.5, 0.6) is 0 Å². The third kappa shape index (κ3) is 2.82. The Balaban J connectivity index is 2.21. The number of rotatable bonds is 3. The van der Waals surface area contributed by atoms with E-state index in [2.05, 4.69) is 6.07 Å². The molecule has 2 rings (SSSR count). The van der Waals surface area contributed by atoms with Crippen molar-refractivity contribution in [2.24, 2.45) is 0 Å². The van der Waals surface area contributed by atoms with Gasteiger partial charge in [0.25, 0.3) is 0 Å². The summed E-state index contributed by atoms with van der Waals surface area (Å²) in [5.74, 6) is 0.189. The molecule has 0 aliphatic carbocycles. The van der Waals surface area contributed by atoms with Crippen molar-refractivity contribution in [2.75, 3.05) is 0 Å². The van der Waals surface area contributed by atoms with Crippen LogP contribution in [0.1, 0.15) is 27.0 Å². The van der Waals surface area contributed by atoms with E-state index in [1.807, 2.05) is 56.3 Å². The van der Waals surface area contributed by atoms with E-state index in [0.717, 1.165) is 16.7 Å². The predicted octanol–water partition coefficient (Wildman–Crippen LogP) is 3.73. The monoisotopic (exact) mass is 224 g/mol. The molecule has 86 valence electrons. The van der Waals surface area contributed by atoms with Gasteiger partial charge in [0, 0.05) is 12.0 Å². The van der Waals surface area contributed by atoms with E-state index in [9.17, 15) is 4.79 Å². The van der Waals surface area contributed by atoms with Gasteiger partial charge in [0.1, 0.15) is 0 Å². The van der Waals surface area contributed by atoms with E-state index in [1.54, 1.807) is 0 Å². The lowest BCUT2D eigenvalue weighted by Crippen LogP contribution is -2.05. The number of hydrogen-bond donors (Lipinski definition) is 0. The van der Waals surface area contributed by atoms with E-state index in [4.69, 9.17) is 0 Å². The van der Waals surface area contributed by atoms with Crippen LogP contribution in [0, 0.1) is 13.8 Å². The fraction of sp³-hybridized carbons (Fsp3) is 0.188. The van der Waals surface area contributed by atoms with Crippen LogP contribution in [0.2, 0.25) is 0 Å². The maximum absolute atomic E-state index is 12.1. The van der Waals surface area contributed by atoms with Crippen molar-refractivity contribution in [2.45, 2.75) is 20.3 Å². The van der Waals surface area contributed by atoms with E-state index >= 15 is 0 Å². The molecule has 0 spiro atoms. The Kier molecular flexibility index (Phi) is 3.38. The van der Waals surface area contributed by atoms with E-state index < -0.39 is 0 Å². The van der Waals surface area contributed by atoms with Crippen LogP contribution in [0.25, 0.3) is 0 Å². The SMILES string of the molecule is Cc1ccc(C(=O)Cc2ccccc2)c(C)c1. The molecule has 0 aliphatic rings. The van der Waals surface area contributed by atoms with Crippen molar-refractivity contribution in [1.29, 1.82) is 0 Å². The summed E-state index contributed by atoms with van der Waals surface area (Å²) in [4.78, 5) is 12.1. The number of carbonyl (C=O) groups excluding carboxylic acids is 1. The Hall–Kier alpha value is -1.89. The standard InChI is InChI=1S/C16H16O/c1-12-8-9-15(13(2)10-12)16(17)11-14-6-4-3-5-7-14/h3-10H,11H2,1-2H3. The summed E-state index contributed by atoms with van der Waals surface area (Å²) in [7, 11) is 0. The maximum Gasteiger partial charge on any atom is 0.167 e. The lowest BCUT2D eigenvalue weighted by atomic mass is 9.98. The highest BCUT2D eigenvalue weighted by Crippen LogP contribution is 2.13. The van der Waals surface area contributed by atoms with Crippen molar-refractivity contribution in [3.63, 3.8) is 0 Å². The molecule has 0 radical (unpaired) electrons. The third-order valence-electron chi connectivity index (χ3n) is 2.89. The van der Waals surface area contributed by atoms with Crippen molar-refractivity contribution in [3.8, 4) is 0 Å². The molecule has 0 aromatic heterocycles. The minimum absolute atomic E-state index is 0.189. The lowest BCUT2D eigenvalue weighted by molar-refractivity contribution is 0.0992. The third-order valence-corrected chi connectivity index (χ3v) is 2.89. The number of carbonyl (C=O) groups is 1. The van der Waals surface area contributed by atoms with Gasteiger partial charge in [0.15, 0.2) is 5.78 Å². The zero-order valence-electron chi connectivity index (χ0n) is 10.2. The average Bonchev–Trinajstić information content (AvgIpc) is 2.30. The molecule has 2 aromatic rings. The molecule has 0 fully saturated rings. The van der Waals surface area contributed by atoms with E-state index in [0.29, 0.717) is 6.42 Å². The van der Waals surface area contributed by atoms with Crippen LogP contribution in [0.3, 0.4) is 0 Å². The highest BCUT2D eigenvalue weighted by Gasteiger charge is 2.09. The number of benzene rings is 2. The van der Waals surface area contributed by atoms with Gasteiger partial charge >= 0.3 is 0 Å². The molecule has 0 aliphatic heterocycles. The number of ketones is 1.